The fourth-order valence-corrected chi connectivity index (χ4v) is 2.81. The quantitative estimate of drug-likeness (QED) is 0.570. The van der Waals surface area contributed by atoms with Crippen molar-refractivity contribution in [3.05, 3.63) is 24.3 Å². The number of carbonyl (C=O) groups excluding carboxylic acids is 4. The summed E-state index contributed by atoms with van der Waals surface area (Å²) in [5.74, 6) is -1.20. The zero-order chi connectivity index (χ0) is 19.6. The Bertz CT molecular complexity index is 778. The third-order valence-corrected chi connectivity index (χ3v) is 4.08. The van der Waals surface area contributed by atoms with Crippen LogP contribution in [0.15, 0.2) is 24.3 Å². The molecule has 27 heavy (non-hydrogen) atoms. The van der Waals surface area contributed by atoms with E-state index < -0.39 is 36.4 Å². The van der Waals surface area contributed by atoms with E-state index in [1.807, 2.05) is 26.0 Å². The maximum Gasteiger partial charge on any atom is 0.334 e. The van der Waals surface area contributed by atoms with Gasteiger partial charge in [-0.15, -0.1) is 0 Å². The number of carbonyl (C=O) groups is 4. The third kappa shape index (κ3) is 4.02. The highest BCUT2D eigenvalue weighted by Gasteiger charge is 2.45. The fraction of sp³-hybridized carbons (Fsp3) is 0.444. The molecule has 0 saturated carbocycles. The molecular formula is C18H21N3O6. The number of benzene rings is 1. The topological polar surface area (TPSA) is 105 Å². The van der Waals surface area contributed by atoms with Crippen molar-refractivity contribution in [2.75, 3.05) is 26.2 Å². The van der Waals surface area contributed by atoms with Gasteiger partial charge in [0.2, 0.25) is 5.91 Å². The maximum absolute atomic E-state index is 12.2. The summed E-state index contributed by atoms with van der Waals surface area (Å²) in [4.78, 5) is 49.8. The van der Waals surface area contributed by atoms with E-state index in [2.05, 4.69) is 5.32 Å². The van der Waals surface area contributed by atoms with Gasteiger partial charge < -0.3 is 14.8 Å². The standard InChI is InChI=1S/C18H21N3O6/c1-11(2)8-20-16(23)17(24)21(18(20)25)9-15(22)19-7-12-10-26-13-5-3-4-6-14(13)27-12/h3-6,11-12H,7-10H2,1-2H3,(H,19,22)/t12-/m0/s1. The lowest BCUT2D eigenvalue weighted by atomic mass is 10.2. The molecule has 9 heteroatoms. The van der Waals surface area contributed by atoms with E-state index >= 15 is 0 Å². The number of imide groups is 2. The molecule has 9 nitrogen and oxygen atoms in total. The number of fused-ring (bicyclic) bond motifs is 1. The van der Waals surface area contributed by atoms with Crippen LogP contribution < -0.4 is 14.8 Å². The predicted octanol–water partition coefficient (Wildman–Crippen LogP) is 0.389. The Morgan fingerprint density at radius 3 is 2.52 bits per heavy atom. The normalized spacial score (nSPS) is 19.1. The summed E-state index contributed by atoms with van der Waals surface area (Å²) in [6, 6.07) is 6.43. The molecule has 5 amide bonds. The molecule has 1 aromatic carbocycles. The smallest absolute Gasteiger partial charge is 0.334 e. The second-order valence-corrected chi connectivity index (χ2v) is 6.79. The van der Waals surface area contributed by atoms with Crippen molar-refractivity contribution in [1.82, 2.24) is 15.1 Å². The number of ether oxygens (including phenoxy) is 2. The van der Waals surface area contributed by atoms with Gasteiger partial charge >= 0.3 is 17.8 Å². The first-order valence-corrected chi connectivity index (χ1v) is 8.69. The van der Waals surface area contributed by atoms with Gasteiger partial charge in [0.15, 0.2) is 11.5 Å². The van der Waals surface area contributed by atoms with Crippen molar-refractivity contribution in [3.63, 3.8) is 0 Å². The highest BCUT2D eigenvalue weighted by Crippen LogP contribution is 2.30. The number of nitrogens with one attached hydrogen (secondary N) is 1. The van der Waals surface area contributed by atoms with Gasteiger partial charge in [0.1, 0.15) is 19.3 Å². The van der Waals surface area contributed by atoms with Crippen LogP contribution in [0.1, 0.15) is 13.8 Å². The van der Waals surface area contributed by atoms with Gasteiger partial charge in [0.05, 0.1) is 6.54 Å². The maximum atomic E-state index is 12.2. The first-order chi connectivity index (χ1) is 12.9. The Morgan fingerprint density at radius 2 is 1.81 bits per heavy atom. The second kappa shape index (κ2) is 7.65. The van der Waals surface area contributed by atoms with E-state index in [-0.39, 0.29) is 25.6 Å². The molecule has 144 valence electrons. The Morgan fingerprint density at radius 1 is 1.15 bits per heavy atom. The van der Waals surface area contributed by atoms with Crippen molar-refractivity contribution in [2.24, 2.45) is 5.92 Å². The molecule has 1 atom stereocenters. The summed E-state index contributed by atoms with van der Waals surface area (Å²) in [6.45, 7) is 3.68. The van der Waals surface area contributed by atoms with Gasteiger partial charge in [-0.25, -0.2) is 9.69 Å². The molecule has 0 aliphatic carbocycles. The molecule has 1 aromatic rings. The van der Waals surface area contributed by atoms with E-state index in [0.29, 0.717) is 16.4 Å². The molecule has 0 radical (unpaired) electrons. The molecular weight excluding hydrogens is 354 g/mol. The van der Waals surface area contributed by atoms with Gasteiger partial charge in [-0.3, -0.25) is 19.3 Å². The lowest BCUT2D eigenvalue weighted by Gasteiger charge is -2.26. The van der Waals surface area contributed by atoms with Crippen molar-refractivity contribution >= 4 is 23.8 Å². The number of hydrogen-bond acceptors (Lipinski definition) is 6. The number of nitrogens with zero attached hydrogens (tertiary/aromatic N) is 2. The Balaban J connectivity index is 1.52. The summed E-state index contributed by atoms with van der Waals surface area (Å²) < 4.78 is 11.3. The monoisotopic (exact) mass is 375 g/mol. The molecule has 0 unspecified atom stereocenters. The summed E-state index contributed by atoms with van der Waals surface area (Å²) in [6.07, 6.45) is -0.395. The number of amides is 5. The van der Waals surface area contributed by atoms with Crippen LogP contribution in [-0.4, -0.2) is 65.9 Å². The number of rotatable bonds is 6. The molecule has 2 aliphatic rings. The highest BCUT2D eigenvalue weighted by atomic mass is 16.6. The predicted molar refractivity (Wildman–Crippen MR) is 93.0 cm³/mol. The van der Waals surface area contributed by atoms with Crippen LogP contribution in [0.4, 0.5) is 4.79 Å². The van der Waals surface area contributed by atoms with E-state index in [4.69, 9.17) is 9.47 Å². The molecule has 3 rings (SSSR count). The number of urea groups is 1. The van der Waals surface area contributed by atoms with Crippen LogP contribution in [0.25, 0.3) is 0 Å². The molecule has 2 heterocycles. The molecule has 0 aromatic heterocycles. The van der Waals surface area contributed by atoms with Crippen LogP contribution in [-0.2, 0) is 14.4 Å². The van der Waals surface area contributed by atoms with Crippen LogP contribution in [0.3, 0.4) is 0 Å². The van der Waals surface area contributed by atoms with Gasteiger partial charge in [-0.1, -0.05) is 26.0 Å². The average molecular weight is 375 g/mol. The van der Waals surface area contributed by atoms with E-state index in [1.54, 1.807) is 12.1 Å². The van der Waals surface area contributed by atoms with Gasteiger partial charge in [0.25, 0.3) is 0 Å². The van der Waals surface area contributed by atoms with E-state index in [9.17, 15) is 19.2 Å². The summed E-state index contributed by atoms with van der Waals surface area (Å²) in [5, 5.41) is 2.60. The first-order valence-electron chi connectivity index (χ1n) is 8.69. The zero-order valence-electron chi connectivity index (χ0n) is 15.1. The minimum absolute atomic E-state index is 0.0193. The van der Waals surface area contributed by atoms with Crippen LogP contribution >= 0.6 is 0 Å². The Labute approximate surface area is 156 Å². The minimum Gasteiger partial charge on any atom is -0.486 e. The SMILES string of the molecule is CC(C)CN1C(=O)C(=O)N(CC(=O)NC[C@H]2COc3ccccc3O2)C1=O. The lowest BCUT2D eigenvalue weighted by molar-refractivity contribution is -0.144. The van der Waals surface area contributed by atoms with Crippen molar-refractivity contribution in [2.45, 2.75) is 20.0 Å². The molecule has 1 N–H and O–H groups in total. The van der Waals surface area contributed by atoms with Gasteiger partial charge in [0, 0.05) is 6.54 Å². The summed E-state index contributed by atoms with van der Waals surface area (Å²) in [5.41, 5.74) is 0. The largest absolute Gasteiger partial charge is 0.486 e. The van der Waals surface area contributed by atoms with Crippen molar-refractivity contribution in [1.29, 1.82) is 0 Å². The van der Waals surface area contributed by atoms with Crippen LogP contribution in [0, 0.1) is 5.92 Å². The molecule has 2 aliphatic heterocycles. The molecule has 0 spiro atoms. The fourth-order valence-electron chi connectivity index (χ4n) is 2.81. The van der Waals surface area contributed by atoms with Crippen molar-refractivity contribution in [3.8, 4) is 11.5 Å². The summed E-state index contributed by atoms with van der Waals surface area (Å²) in [7, 11) is 0. The molecule has 1 fully saturated rings. The zero-order valence-corrected chi connectivity index (χ0v) is 15.1. The van der Waals surface area contributed by atoms with E-state index in [0.717, 1.165) is 4.90 Å². The van der Waals surface area contributed by atoms with Crippen molar-refractivity contribution < 1.29 is 28.7 Å². The average Bonchev–Trinajstić information content (AvgIpc) is 2.84. The molecule has 1 saturated heterocycles. The van der Waals surface area contributed by atoms with Gasteiger partial charge in [-0.05, 0) is 18.1 Å². The minimum atomic E-state index is -0.984. The summed E-state index contributed by atoms with van der Waals surface area (Å²) >= 11 is 0. The van der Waals surface area contributed by atoms with Gasteiger partial charge in [-0.2, -0.15) is 0 Å². The Kier molecular flexibility index (Phi) is 5.29. The molecule has 0 bridgehead atoms. The lowest BCUT2D eigenvalue weighted by Crippen LogP contribution is -2.46. The van der Waals surface area contributed by atoms with Crippen LogP contribution in [0.2, 0.25) is 0 Å². The Hall–Kier alpha value is -3.10. The van der Waals surface area contributed by atoms with Crippen LogP contribution in [0.5, 0.6) is 11.5 Å². The first kappa shape index (κ1) is 18.7. The number of para-hydroxylation sites is 2. The highest BCUT2D eigenvalue weighted by molar-refractivity contribution is 6.45. The third-order valence-electron chi connectivity index (χ3n) is 4.08. The number of hydrogen-bond donors (Lipinski definition) is 1. The van der Waals surface area contributed by atoms with E-state index in [1.165, 1.54) is 0 Å². The second-order valence-electron chi connectivity index (χ2n) is 6.79.